The number of carbonyl (C=O) groups excluding carboxylic acids is 2. The summed E-state index contributed by atoms with van der Waals surface area (Å²) in [6.45, 7) is 1.55. The fourth-order valence-corrected chi connectivity index (χ4v) is 2.00. The van der Waals surface area contributed by atoms with Gasteiger partial charge in [-0.1, -0.05) is 23.7 Å². The van der Waals surface area contributed by atoms with E-state index in [9.17, 15) is 14.7 Å². The van der Waals surface area contributed by atoms with E-state index in [2.05, 4.69) is 10.6 Å². The van der Waals surface area contributed by atoms with Gasteiger partial charge in [-0.05, 0) is 36.8 Å². The van der Waals surface area contributed by atoms with Crippen LogP contribution in [0.4, 0.5) is 0 Å². The Bertz CT molecular complexity index is 666. The number of rotatable bonds is 5. The molecule has 0 aliphatic carbocycles. The summed E-state index contributed by atoms with van der Waals surface area (Å²) in [6.07, 6.45) is 1.42. The summed E-state index contributed by atoms with van der Waals surface area (Å²) in [6, 6.07) is 10.1. The highest BCUT2D eigenvalue weighted by Gasteiger charge is 2.27. The van der Waals surface area contributed by atoms with Gasteiger partial charge < -0.3 is 20.2 Å². The number of aliphatic hydroxyl groups is 1. The SMILES string of the molecule is CC(O)(CNC(=O)C(=O)NCc1ccc(Cl)cc1)c1ccco1. The maximum atomic E-state index is 11.7. The Hall–Kier alpha value is -2.31. The molecule has 0 fully saturated rings. The lowest BCUT2D eigenvalue weighted by molar-refractivity contribution is -0.140. The minimum atomic E-state index is -1.39. The van der Waals surface area contributed by atoms with Crippen molar-refractivity contribution in [2.75, 3.05) is 6.54 Å². The van der Waals surface area contributed by atoms with Gasteiger partial charge in [0.1, 0.15) is 11.4 Å². The monoisotopic (exact) mass is 336 g/mol. The van der Waals surface area contributed by atoms with Gasteiger partial charge in [0.2, 0.25) is 0 Å². The molecule has 0 saturated heterocycles. The van der Waals surface area contributed by atoms with Crippen molar-refractivity contribution in [2.24, 2.45) is 0 Å². The van der Waals surface area contributed by atoms with Crippen LogP contribution in [0.2, 0.25) is 5.02 Å². The van der Waals surface area contributed by atoms with Gasteiger partial charge in [-0.15, -0.1) is 0 Å². The first-order chi connectivity index (χ1) is 10.9. The molecule has 122 valence electrons. The van der Waals surface area contributed by atoms with Crippen molar-refractivity contribution in [1.82, 2.24) is 10.6 Å². The summed E-state index contributed by atoms with van der Waals surface area (Å²) in [5.74, 6) is -1.31. The fraction of sp³-hybridized carbons (Fsp3) is 0.250. The Morgan fingerprint density at radius 2 is 1.83 bits per heavy atom. The highest BCUT2D eigenvalue weighted by Crippen LogP contribution is 2.19. The standard InChI is InChI=1S/C16H17ClN2O4/c1-16(22,13-3-2-8-23-13)10-19-15(21)14(20)18-9-11-4-6-12(17)7-5-11/h2-8,22H,9-10H2,1H3,(H,18,20)(H,19,21). The zero-order valence-electron chi connectivity index (χ0n) is 12.5. The number of hydrogen-bond donors (Lipinski definition) is 3. The van der Waals surface area contributed by atoms with Crippen molar-refractivity contribution in [3.8, 4) is 0 Å². The van der Waals surface area contributed by atoms with E-state index in [0.29, 0.717) is 10.8 Å². The molecule has 1 unspecified atom stereocenters. The predicted molar refractivity (Wildman–Crippen MR) is 84.6 cm³/mol. The molecule has 1 heterocycles. The van der Waals surface area contributed by atoms with E-state index < -0.39 is 17.4 Å². The van der Waals surface area contributed by atoms with Crippen LogP contribution in [0.15, 0.2) is 47.1 Å². The average molecular weight is 337 g/mol. The topological polar surface area (TPSA) is 91.6 Å². The zero-order valence-corrected chi connectivity index (χ0v) is 13.3. The fourth-order valence-electron chi connectivity index (χ4n) is 1.87. The quantitative estimate of drug-likeness (QED) is 0.723. The van der Waals surface area contributed by atoms with Crippen LogP contribution < -0.4 is 10.6 Å². The molecule has 0 saturated carbocycles. The Morgan fingerprint density at radius 3 is 2.43 bits per heavy atom. The number of benzene rings is 1. The third-order valence-electron chi connectivity index (χ3n) is 3.22. The number of carbonyl (C=O) groups is 2. The maximum absolute atomic E-state index is 11.7. The number of furan rings is 1. The second-order valence-corrected chi connectivity index (χ2v) is 5.68. The first-order valence-electron chi connectivity index (χ1n) is 6.95. The second kappa shape index (κ2) is 7.30. The first-order valence-corrected chi connectivity index (χ1v) is 7.33. The minimum absolute atomic E-state index is 0.145. The molecule has 1 aromatic heterocycles. The van der Waals surface area contributed by atoms with Crippen LogP contribution in [0.1, 0.15) is 18.2 Å². The van der Waals surface area contributed by atoms with Crippen LogP contribution >= 0.6 is 11.6 Å². The summed E-state index contributed by atoms with van der Waals surface area (Å²) < 4.78 is 5.09. The Labute approximate surface area is 138 Å². The van der Waals surface area contributed by atoms with Crippen LogP contribution in [0.3, 0.4) is 0 Å². The summed E-state index contributed by atoms with van der Waals surface area (Å²) in [7, 11) is 0. The van der Waals surface area contributed by atoms with Crippen LogP contribution in [-0.2, 0) is 21.7 Å². The molecular formula is C16H17ClN2O4. The van der Waals surface area contributed by atoms with E-state index in [1.807, 2.05) is 0 Å². The van der Waals surface area contributed by atoms with Gasteiger partial charge in [0, 0.05) is 11.6 Å². The normalized spacial score (nSPS) is 13.2. The molecule has 6 nitrogen and oxygen atoms in total. The molecule has 3 N–H and O–H groups in total. The Balaban J connectivity index is 1.81. The molecule has 23 heavy (non-hydrogen) atoms. The van der Waals surface area contributed by atoms with Crippen LogP contribution in [-0.4, -0.2) is 23.5 Å². The first kappa shape index (κ1) is 17.1. The van der Waals surface area contributed by atoms with Crippen molar-refractivity contribution in [3.05, 3.63) is 59.0 Å². The van der Waals surface area contributed by atoms with Gasteiger partial charge in [-0.25, -0.2) is 0 Å². The van der Waals surface area contributed by atoms with Crippen molar-refractivity contribution in [1.29, 1.82) is 0 Å². The van der Waals surface area contributed by atoms with E-state index in [1.54, 1.807) is 36.4 Å². The molecule has 1 aromatic carbocycles. The second-order valence-electron chi connectivity index (χ2n) is 5.24. The summed E-state index contributed by atoms with van der Waals surface area (Å²) in [5.41, 5.74) is -0.576. The van der Waals surface area contributed by atoms with E-state index in [1.165, 1.54) is 13.2 Å². The van der Waals surface area contributed by atoms with Crippen molar-refractivity contribution < 1.29 is 19.1 Å². The molecule has 2 amide bonds. The molecule has 1 atom stereocenters. The summed E-state index contributed by atoms with van der Waals surface area (Å²) in [5, 5.41) is 15.6. The highest BCUT2D eigenvalue weighted by atomic mass is 35.5. The van der Waals surface area contributed by atoms with Crippen LogP contribution in [0.5, 0.6) is 0 Å². The van der Waals surface area contributed by atoms with Crippen LogP contribution in [0.25, 0.3) is 0 Å². The van der Waals surface area contributed by atoms with Gasteiger partial charge in [-0.3, -0.25) is 9.59 Å². The predicted octanol–water partition coefficient (Wildman–Crippen LogP) is 1.57. The van der Waals surface area contributed by atoms with Gasteiger partial charge in [0.25, 0.3) is 0 Å². The van der Waals surface area contributed by atoms with E-state index in [-0.39, 0.29) is 13.1 Å². The Morgan fingerprint density at radius 1 is 1.17 bits per heavy atom. The zero-order chi connectivity index (χ0) is 16.9. The largest absolute Gasteiger partial charge is 0.466 e. The summed E-state index contributed by atoms with van der Waals surface area (Å²) in [4.78, 5) is 23.5. The molecule has 0 aliphatic rings. The lowest BCUT2D eigenvalue weighted by atomic mass is 10.0. The van der Waals surface area contributed by atoms with Gasteiger partial charge in [-0.2, -0.15) is 0 Å². The smallest absolute Gasteiger partial charge is 0.309 e. The van der Waals surface area contributed by atoms with Crippen molar-refractivity contribution >= 4 is 23.4 Å². The summed E-state index contributed by atoms with van der Waals surface area (Å²) >= 11 is 5.77. The van der Waals surface area contributed by atoms with Gasteiger partial charge >= 0.3 is 11.8 Å². The number of amides is 2. The lowest BCUT2D eigenvalue weighted by Crippen LogP contribution is -2.45. The third kappa shape index (κ3) is 4.84. The van der Waals surface area contributed by atoms with E-state index in [0.717, 1.165) is 5.56 Å². The van der Waals surface area contributed by atoms with E-state index in [4.69, 9.17) is 16.0 Å². The lowest BCUT2D eigenvalue weighted by Gasteiger charge is -2.20. The Kier molecular flexibility index (Phi) is 5.41. The van der Waals surface area contributed by atoms with Crippen molar-refractivity contribution in [2.45, 2.75) is 19.1 Å². The maximum Gasteiger partial charge on any atom is 0.309 e. The van der Waals surface area contributed by atoms with Gasteiger partial charge in [0.15, 0.2) is 0 Å². The van der Waals surface area contributed by atoms with Crippen molar-refractivity contribution in [3.63, 3.8) is 0 Å². The molecule has 2 rings (SSSR count). The highest BCUT2D eigenvalue weighted by molar-refractivity contribution is 6.35. The minimum Gasteiger partial charge on any atom is -0.466 e. The number of nitrogens with one attached hydrogen (secondary N) is 2. The average Bonchev–Trinajstić information content (AvgIpc) is 3.07. The number of hydrogen-bond acceptors (Lipinski definition) is 4. The molecule has 7 heteroatoms. The molecule has 0 spiro atoms. The molecule has 0 aliphatic heterocycles. The molecule has 0 radical (unpaired) electrons. The molecule has 2 aromatic rings. The number of halogens is 1. The van der Waals surface area contributed by atoms with E-state index >= 15 is 0 Å². The van der Waals surface area contributed by atoms with Gasteiger partial charge in [0.05, 0.1) is 12.8 Å². The third-order valence-corrected chi connectivity index (χ3v) is 3.47. The molecular weight excluding hydrogens is 320 g/mol. The molecule has 0 bridgehead atoms. The van der Waals surface area contributed by atoms with Crippen LogP contribution in [0, 0.1) is 0 Å².